The summed E-state index contributed by atoms with van der Waals surface area (Å²) in [6.45, 7) is 9.47. The Morgan fingerprint density at radius 1 is 0.868 bits per heavy atom. The standard InChI is InChI=1S/C14H22N4O.C7H7N3.C6H15NO.CH4/c1-9(2)5-11(7-19)16-6-10-3-4-12-13(10)17-8-18-14(12)15;8-7-5-2-1-3-6(5)9-4-10-7;1-5(2)3-6(7)4-8;/h3,8-9,11,16,19H,4-7H2,1-2H3,(H2,15,17,18);1,3-4H,2H2,(H2,8,9,10);5-6,8H,3-4,7H2,1-2H3;1H4/t11-;;6-;/m0.0./s1. The molecule has 0 aromatic carbocycles. The Kier molecular flexibility index (Phi) is 14.7. The molecule has 212 valence electrons. The van der Waals surface area contributed by atoms with Gasteiger partial charge in [-0.3, -0.25) is 0 Å². The van der Waals surface area contributed by atoms with Crippen LogP contribution in [0.15, 0.2) is 24.8 Å². The molecule has 4 rings (SSSR count). The zero-order valence-electron chi connectivity index (χ0n) is 22.6. The molecule has 2 atom stereocenters. The summed E-state index contributed by atoms with van der Waals surface area (Å²) >= 11 is 0. The van der Waals surface area contributed by atoms with Crippen LogP contribution in [0.5, 0.6) is 0 Å². The van der Waals surface area contributed by atoms with Crippen molar-refractivity contribution in [3.8, 4) is 0 Å². The van der Waals surface area contributed by atoms with E-state index in [1.807, 2.05) is 12.2 Å². The average molecular weight is 529 g/mol. The van der Waals surface area contributed by atoms with Gasteiger partial charge in [0.25, 0.3) is 0 Å². The van der Waals surface area contributed by atoms with E-state index < -0.39 is 0 Å². The van der Waals surface area contributed by atoms with Crippen LogP contribution in [0.1, 0.15) is 70.5 Å². The monoisotopic (exact) mass is 528 g/mol. The summed E-state index contributed by atoms with van der Waals surface area (Å²) in [4.78, 5) is 16.2. The Bertz CT molecular complexity index is 1040. The smallest absolute Gasteiger partial charge is 0.130 e. The number of rotatable bonds is 9. The Balaban J connectivity index is 0.000000319. The maximum atomic E-state index is 9.36. The lowest BCUT2D eigenvalue weighted by molar-refractivity contribution is 0.228. The summed E-state index contributed by atoms with van der Waals surface area (Å²) in [5.74, 6) is 2.33. The molecule has 0 radical (unpaired) electrons. The number of nitrogens with one attached hydrogen (secondary N) is 1. The number of aromatic nitrogens is 4. The van der Waals surface area contributed by atoms with Gasteiger partial charge in [-0.05, 0) is 49.2 Å². The minimum atomic E-state index is -0.0185. The summed E-state index contributed by atoms with van der Waals surface area (Å²) in [6.07, 6.45) is 12.7. The van der Waals surface area contributed by atoms with E-state index in [1.54, 1.807) is 0 Å². The van der Waals surface area contributed by atoms with Gasteiger partial charge in [0.2, 0.25) is 0 Å². The molecule has 0 fully saturated rings. The molecule has 2 aromatic heterocycles. The fraction of sp³-hybridized carbons (Fsp3) is 0.571. The van der Waals surface area contributed by atoms with Crippen LogP contribution < -0.4 is 22.5 Å². The van der Waals surface area contributed by atoms with Crippen LogP contribution in [-0.2, 0) is 12.8 Å². The van der Waals surface area contributed by atoms with Crippen molar-refractivity contribution < 1.29 is 10.2 Å². The highest BCUT2D eigenvalue weighted by Gasteiger charge is 2.19. The van der Waals surface area contributed by atoms with Crippen molar-refractivity contribution >= 4 is 23.3 Å². The van der Waals surface area contributed by atoms with Gasteiger partial charge in [0.05, 0.1) is 24.6 Å². The molecule has 2 heterocycles. The van der Waals surface area contributed by atoms with Crippen molar-refractivity contribution in [1.29, 1.82) is 0 Å². The molecule has 9 N–H and O–H groups in total. The SMILES string of the molecule is C.CC(C)C[C@@H](CO)NCC1=CCc2c(N)ncnc21.CC(C)C[C@H](N)CO.Nc1ncnc2c1CC=C2. The number of anilines is 2. The summed E-state index contributed by atoms with van der Waals surface area (Å²) in [6, 6.07) is 0.110. The predicted octanol–water partition coefficient (Wildman–Crippen LogP) is 2.61. The van der Waals surface area contributed by atoms with Crippen LogP contribution in [0.2, 0.25) is 0 Å². The summed E-state index contributed by atoms with van der Waals surface area (Å²) in [7, 11) is 0. The van der Waals surface area contributed by atoms with E-state index >= 15 is 0 Å². The third-order valence-electron chi connectivity index (χ3n) is 6.01. The van der Waals surface area contributed by atoms with Gasteiger partial charge in [-0.15, -0.1) is 0 Å². The molecule has 2 aliphatic carbocycles. The molecule has 2 aromatic rings. The molecule has 10 heteroatoms. The zero-order valence-corrected chi connectivity index (χ0v) is 22.6. The molecule has 0 unspecified atom stereocenters. The highest BCUT2D eigenvalue weighted by molar-refractivity contribution is 5.74. The highest BCUT2D eigenvalue weighted by Crippen LogP contribution is 2.27. The first kappa shape index (κ1) is 33.1. The number of nitrogens with zero attached hydrogens (tertiary/aromatic N) is 4. The average Bonchev–Trinajstić information content (AvgIpc) is 3.51. The van der Waals surface area contributed by atoms with Crippen molar-refractivity contribution in [1.82, 2.24) is 25.3 Å². The third kappa shape index (κ3) is 10.4. The molecule has 0 aliphatic heterocycles. The van der Waals surface area contributed by atoms with E-state index in [1.165, 1.54) is 12.7 Å². The van der Waals surface area contributed by atoms with E-state index in [4.69, 9.17) is 22.3 Å². The van der Waals surface area contributed by atoms with Crippen molar-refractivity contribution in [3.63, 3.8) is 0 Å². The summed E-state index contributed by atoms with van der Waals surface area (Å²) < 4.78 is 0. The number of nitrogen functional groups attached to an aromatic ring is 2. The van der Waals surface area contributed by atoms with Crippen molar-refractivity contribution in [2.45, 2.75) is 72.9 Å². The van der Waals surface area contributed by atoms with Gasteiger partial charge < -0.3 is 32.7 Å². The van der Waals surface area contributed by atoms with E-state index in [9.17, 15) is 5.11 Å². The third-order valence-corrected chi connectivity index (χ3v) is 6.01. The fourth-order valence-electron chi connectivity index (χ4n) is 4.19. The lowest BCUT2D eigenvalue weighted by Crippen LogP contribution is -2.34. The van der Waals surface area contributed by atoms with Gasteiger partial charge >= 0.3 is 0 Å². The number of hydrogen-bond acceptors (Lipinski definition) is 10. The van der Waals surface area contributed by atoms with Gasteiger partial charge in [0, 0.05) is 29.8 Å². The van der Waals surface area contributed by atoms with Crippen LogP contribution in [0, 0.1) is 11.8 Å². The van der Waals surface area contributed by atoms with Crippen molar-refractivity contribution in [2.24, 2.45) is 17.6 Å². The van der Waals surface area contributed by atoms with E-state index in [2.05, 4.69) is 59.0 Å². The lowest BCUT2D eigenvalue weighted by atomic mass is 10.0. The van der Waals surface area contributed by atoms with Gasteiger partial charge in [0.1, 0.15) is 24.3 Å². The second-order valence-electron chi connectivity index (χ2n) is 10.2. The van der Waals surface area contributed by atoms with Crippen LogP contribution in [0.3, 0.4) is 0 Å². The van der Waals surface area contributed by atoms with Crippen LogP contribution in [0.4, 0.5) is 11.6 Å². The normalized spacial score (nSPS) is 14.4. The molecule has 10 nitrogen and oxygen atoms in total. The van der Waals surface area contributed by atoms with Crippen LogP contribution in [0.25, 0.3) is 11.6 Å². The molecule has 0 saturated heterocycles. The predicted molar refractivity (Wildman–Crippen MR) is 157 cm³/mol. The fourth-order valence-corrected chi connectivity index (χ4v) is 4.19. The molecular weight excluding hydrogens is 480 g/mol. The number of aliphatic hydroxyl groups excluding tert-OH is 2. The first-order chi connectivity index (χ1) is 17.7. The zero-order chi connectivity index (χ0) is 27.4. The Hall–Kier alpha value is -2.92. The largest absolute Gasteiger partial charge is 0.395 e. The number of aliphatic hydroxyl groups is 2. The Labute approximate surface area is 227 Å². The Morgan fingerprint density at radius 2 is 1.50 bits per heavy atom. The highest BCUT2D eigenvalue weighted by atomic mass is 16.3. The second kappa shape index (κ2) is 16.8. The molecule has 0 saturated carbocycles. The topological polar surface area (TPSA) is 182 Å². The quantitative estimate of drug-likeness (QED) is 0.283. The number of allylic oxidation sites excluding steroid dienone is 2. The minimum Gasteiger partial charge on any atom is -0.395 e. The van der Waals surface area contributed by atoms with E-state index in [-0.39, 0.29) is 32.7 Å². The number of fused-ring (bicyclic) bond motifs is 2. The molecule has 0 amide bonds. The maximum absolute atomic E-state index is 9.36. The number of hydrogen-bond donors (Lipinski definition) is 6. The van der Waals surface area contributed by atoms with Crippen LogP contribution >= 0.6 is 0 Å². The molecule has 38 heavy (non-hydrogen) atoms. The lowest BCUT2D eigenvalue weighted by Gasteiger charge is -2.18. The van der Waals surface area contributed by atoms with Gasteiger partial charge in [-0.1, -0.05) is 47.3 Å². The Morgan fingerprint density at radius 3 is 2.05 bits per heavy atom. The summed E-state index contributed by atoms with van der Waals surface area (Å²) in [5.41, 5.74) is 22.0. The second-order valence-corrected chi connectivity index (χ2v) is 10.2. The first-order valence-corrected chi connectivity index (χ1v) is 12.9. The summed E-state index contributed by atoms with van der Waals surface area (Å²) in [5, 5.41) is 21.2. The van der Waals surface area contributed by atoms with Crippen molar-refractivity contribution in [2.75, 3.05) is 31.2 Å². The van der Waals surface area contributed by atoms with E-state index in [0.717, 1.165) is 53.8 Å². The van der Waals surface area contributed by atoms with Gasteiger partial charge in [-0.25, -0.2) is 19.9 Å². The minimum absolute atomic E-state index is 0. The number of nitrogens with two attached hydrogens (primary N) is 3. The first-order valence-electron chi connectivity index (χ1n) is 12.9. The van der Waals surface area contributed by atoms with Crippen molar-refractivity contribution in [3.05, 3.63) is 47.3 Å². The maximum Gasteiger partial charge on any atom is 0.130 e. The molecular formula is C28H48N8O2. The van der Waals surface area contributed by atoms with Gasteiger partial charge in [0.15, 0.2) is 0 Å². The molecule has 0 spiro atoms. The molecule has 0 bridgehead atoms. The van der Waals surface area contributed by atoms with E-state index in [0.29, 0.717) is 30.0 Å². The van der Waals surface area contributed by atoms with Gasteiger partial charge in [-0.2, -0.15) is 0 Å². The molecule has 2 aliphatic rings. The van der Waals surface area contributed by atoms with Crippen LogP contribution in [-0.4, -0.2) is 62.0 Å².